The van der Waals surface area contributed by atoms with Gasteiger partial charge in [-0.15, -0.1) is 0 Å². The van der Waals surface area contributed by atoms with E-state index < -0.39 is 0 Å². The van der Waals surface area contributed by atoms with E-state index >= 15 is 0 Å². The lowest BCUT2D eigenvalue weighted by Crippen LogP contribution is -2.39. The molecule has 2 heterocycles. The van der Waals surface area contributed by atoms with Crippen LogP contribution in [-0.2, 0) is 0 Å². The number of hydrogen-bond acceptors (Lipinski definition) is 3. The van der Waals surface area contributed by atoms with E-state index in [1.807, 2.05) is 0 Å². The number of rotatable bonds is 5. The number of hydrogen-bond donors (Lipinski definition) is 1. The van der Waals surface area contributed by atoms with Gasteiger partial charge < -0.3 is 15.1 Å². The van der Waals surface area contributed by atoms with Crippen LogP contribution >= 0.6 is 0 Å². The van der Waals surface area contributed by atoms with Crippen LogP contribution in [0, 0.1) is 5.92 Å². The van der Waals surface area contributed by atoms with Gasteiger partial charge in [0.15, 0.2) is 0 Å². The smallest absolute Gasteiger partial charge is 0.0101 e. The number of likely N-dealkylation sites (N-methyl/N-ethyl adjacent to an activating group) is 1. The van der Waals surface area contributed by atoms with Crippen molar-refractivity contribution in [1.82, 2.24) is 15.1 Å². The van der Waals surface area contributed by atoms with Gasteiger partial charge in [-0.3, -0.25) is 0 Å². The van der Waals surface area contributed by atoms with Gasteiger partial charge in [-0.05, 0) is 52.7 Å². The number of piperidine rings is 1. The summed E-state index contributed by atoms with van der Waals surface area (Å²) in [6, 6.07) is 1.59. The van der Waals surface area contributed by atoms with E-state index in [9.17, 15) is 0 Å². The third-order valence-corrected chi connectivity index (χ3v) is 4.53. The molecule has 3 atom stereocenters. The van der Waals surface area contributed by atoms with Crippen LogP contribution in [-0.4, -0.2) is 62.2 Å². The number of nitrogens with zero attached hydrogens (tertiary/aromatic N) is 2. The zero-order valence-electron chi connectivity index (χ0n) is 11.8. The molecule has 2 saturated heterocycles. The van der Waals surface area contributed by atoms with Gasteiger partial charge in [-0.2, -0.15) is 0 Å². The van der Waals surface area contributed by atoms with Crippen LogP contribution in [0.25, 0.3) is 0 Å². The molecule has 2 rings (SSSR count). The van der Waals surface area contributed by atoms with Crippen molar-refractivity contribution >= 4 is 0 Å². The Hall–Kier alpha value is -0.120. The highest BCUT2D eigenvalue weighted by Gasteiger charge is 2.35. The summed E-state index contributed by atoms with van der Waals surface area (Å²) in [5.74, 6) is 0.875. The van der Waals surface area contributed by atoms with Gasteiger partial charge in [0.25, 0.3) is 0 Å². The molecule has 0 saturated carbocycles. The fraction of sp³-hybridized carbons (Fsp3) is 1.00. The summed E-state index contributed by atoms with van der Waals surface area (Å²) >= 11 is 0. The number of nitrogens with one attached hydrogen (secondary N) is 1. The Kier molecular flexibility index (Phi) is 4.83. The second-order valence-electron chi connectivity index (χ2n) is 6.19. The first-order valence-corrected chi connectivity index (χ1v) is 7.29. The summed E-state index contributed by atoms with van der Waals surface area (Å²) in [7, 11) is 4.28. The third kappa shape index (κ3) is 3.67. The fourth-order valence-corrected chi connectivity index (χ4v) is 3.34. The maximum atomic E-state index is 3.70. The van der Waals surface area contributed by atoms with Crippen LogP contribution in [0.3, 0.4) is 0 Å². The van der Waals surface area contributed by atoms with E-state index in [4.69, 9.17) is 0 Å². The topological polar surface area (TPSA) is 18.5 Å². The van der Waals surface area contributed by atoms with Crippen molar-refractivity contribution in [3.63, 3.8) is 0 Å². The Bertz CT molecular complexity index is 216. The molecule has 0 unspecified atom stereocenters. The first-order valence-electron chi connectivity index (χ1n) is 7.29. The monoisotopic (exact) mass is 239 g/mol. The molecule has 0 bridgehead atoms. The Morgan fingerprint density at radius 1 is 1.35 bits per heavy atom. The molecule has 0 aromatic heterocycles. The predicted molar refractivity (Wildman–Crippen MR) is 73.3 cm³/mol. The maximum Gasteiger partial charge on any atom is 0.0101 e. The summed E-state index contributed by atoms with van der Waals surface area (Å²) in [4.78, 5) is 4.98. The van der Waals surface area contributed by atoms with E-state index in [0.717, 1.165) is 25.0 Å². The zero-order chi connectivity index (χ0) is 12.3. The fourth-order valence-electron chi connectivity index (χ4n) is 3.34. The minimum absolute atomic E-state index is 0.681. The highest BCUT2D eigenvalue weighted by Crippen LogP contribution is 2.31. The van der Waals surface area contributed by atoms with Crippen LogP contribution in [0.4, 0.5) is 0 Å². The molecule has 1 N–H and O–H groups in total. The predicted octanol–water partition coefficient (Wildman–Crippen LogP) is 1.40. The molecule has 0 spiro atoms. The lowest BCUT2D eigenvalue weighted by atomic mass is 9.95. The molecule has 2 fully saturated rings. The molecule has 2 aliphatic heterocycles. The van der Waals surface area contributed by atoms with Crippen LogP contribution in [0.5, 0.6) is 0 Å². The van der Waals surface area contributed by atoms with E-state index in [2.05, 4.69) is 36.1 Å². The molecule has 0 aliphatic carbocycles. The lowest BCUT2D eigenvalue weighted by molar-refractivity contribution is 0.195. The van der Waals surface area contributed by atoms with Crippen LogP contribution in [0.15, 0.2) is 0 Å². The quantitative estimate of drug-likeness (QED) is 0.782. The largest absolute Gasteiger partial charge is 0.313 e. The average Bonchev–Trinajstić information content (AvgIpc) is 2.71. The van der Waals surface area contributed by atoms with E-state index in [1.165, 1.54) is 38.8 Å². The Balaban J connectivity index is 1.71. The van der Waals surface area contributed by atoms with Crippen molar-refractivity contribution in [2.24, 2.45) is 5.92 Å². The summed E-state index contributed by atoms with van der Waals surface area (Å²) in [5, 5.41) is 3.70. The molecule has 0 aromatic carbocycles. The third-order valence-electron chi connectivity index (χ3n) is 4.53. The molecule has 3 nitrogen and oxygen atoms in total. The van der Waals surface area contributed by atoms with Gasteiger partial charge in [0.2, 0.25) is 0 Å². The molecule has 17 heavy (non-hydrogen) atoms. The lowest BCUT2D eigenvalue weighted by Gasteiger charge is -2.28. The second kappa shape index (κ2) is 6.17. The molecule has 3 heteroatoms. The Morgan fingerprint density at radius 2 is 2.18 bits per heavy atom. The average molecular weight is 239 g/mol. The minimum atomic E-state index is 0.681. The molecular weight excluding hydrogens is 210 g/mol. The summed E-state index contributed by atoms with van der Waals surface area (Å²) in [6.45, 7) is 7.32. The van der Waals surface area contributed by atoms with Crippen molar-refractivity contribution in [2.75, 3.05) is 40.3 Å². The zero-order valence-corrected chi connectivity index (χ0v) is 11.8. The van der Waals surface area contributed by atoms with Crippen LogP contribution in [0.2, 0.25) is 0 Å². The summed E-state index contributed by atoms with van der Waals surface area (Å²) in [6.07, 6.45) is 5.75. The van der Waals surface area contributed by atoms with Gasteiger partial charge >= 0.3 is 0 Å². The molecular formula is C14H29N3. The van der Waals surface area contributed by atoms with Gasteiger partial charge in [0.1, 0.15) is 0 Å². The molecule has 0 radical (unpaired) electrons. The molecule has 0 aromatic rings. The minimum Gasteiger partial charge on any atom is -0.313 e. The van der Waals surface area contributed by atoms with Gasteiger partial charge in [-0.1, -0.05) is 6.42 Å². The van der Waals surface area contributed by atoms with E-state index in [0.29, 0.717) is 6.04 Å². The normalized spacial score (nSPS) is 31.8. The highest BCUT2D eigenvalue weighted by atomic mass is 15.2. The molecule has 2 aliphatic rings. The van der Waals surface area contributed by atoms with Crippen molar-refractivity contribution < 1.29 is 0 Å². The van der Waals surface area contributed by atoms with Gasteiger partial charge in [0.05, 0.1) is 0 Å². The van der Waals surface area contributed by atoms with Crippen molar-refractivity contribution in [3.8, 4) is 0 Å². The Morgan fingerprint density at radius 3 is 2.88 bits per heavy atom. The SMILES string of the molecule is C[C@@H](NCCN(C)C)[C@H]1C[C@@H]2CCCCN2C1. The first kappa shape index (κ1) is 13.3. The van der Waals surface area contributed by atoms with Crippen molar-refractivity contribution in [3.05, 3.63) is 0 Å². The van der Waals surface area contributed by atoms with Gasteiger partial charge in [-0.25, -0.2) is 0 Å². The van der Waals surface area contributed by atoms with E-state index in [1.54, 1.807) is 0 Å². The standard InChI is InChI=1S/C14H29N3/c1-12(15-7-9-16(2)3)13-10-14-6-4-5-8-17(14)11-13/h12-15H,4-11H2,1-3H3/t12-,13+,14+/m1/s1. The van der Waals surface area contributed by atoms with Crippen LogP contribution < -0.4 is 5.32 Å². The molecule has 0 amide bonds. The van der Waals surface area contributed by atoms with Crippen molar-refractivity contribution in [2.45, 2.75) is 44.7 Å². The highest BCUT2D eigenvalue weighted by molar-refractivity contribution is 4.91. The summed E-state index contributed by atoms with van der Waals surface area (Å²) < 4.78 is 0. The van der Waals surface area contributed by atoms with Crippen molar-refractivity contribution in [1.29, 1.82) is 0 Å². The van der Waals surface area contributed by atoms with Crippen LogP contribution in [0.1, 0.15) is 32.6 Å². The Labute approximate surface area is 107 Å². The van der Waals surface area contributed by atoms with E-state index in [-0.39, 0.29) is 0 Å². The maximum absolute atomic E-state index is 3.70. The second-order valence-corrected chi connectivity index (χ2v) is 6.19. The molecule has 100 valence electrons. The summed E-state index contributed by atoms with van der Waals surface area (Å²) in [5.41, 5.74) is 0. The first-order chi connectivity index (χ1) is 8.16. The number of fused-ring (bicyclic) bond motifs is 1. The van der Waals surface area contributed by atoms with Gasteiger partial charge in [0, 0.05) is 31.7 Å².